The Morgan fingerprint density at radius 3 is 2.89 bits per heavy atom. The van der Waals surface area contributed by atoms with Gasteiger partial charge in [0.2, 0.25) is 11.8 Å². The number of ether oxygens (including phenoxy) is 2. The van der Waals surface area contributed by atoms with Crippen LogP contribution in [0.1, 0.15) is 36.8 Å². The fraction of sp³-hybridized carbons (Fsp3) is 0.393. The lowest BCUT2D eigenvalue weighted by Gasteiger charge is -2.37. The van der Waals surface area contributed by atoms with Gasteiger partial charge in [-0.15, -0.1) is 0 Å². The van der Waals surface area contributed by atoms with Gasteiger partial charge in [0.1, 0.15) is 11.6 Å². The van der Waals surface area contributed by atoms with Crippen molar-refractivity contribution in [2.45, 2.75) is 56.5 Å². The minimum Gasteiger partial charge on any atom is -0.481 e. The van der Waals surface area contributed by atoms with E-state index in [1.165, 1.54) is 6.08 Å². The van der Waals surface area contributed by atoms with Gasteiger partial charge in [-0.3, -0.25) is 9.78 Å². The number of nitrogens with one attached hydrogen (secondary N) is 1. The molecule has 1 aliphatic rings. The summed E-state index contributed by atoms with van der Waals surface area (Å²) in [5.41, 5.74) is 2.50. The van der Waals surface area contributed by atoms with E-state index in [-0.39, 0.29) is 18.1 Å². The van der Waals surface area contributed by atoms with Crippen LogP contribution in [0.25, 0.3) is 17.1 Å². The van der Waals surface area contributed by atoms with Gasteiger partial charge in [0.05, 0.1) is 49.1 Å². The topological polar surface area (TPSA) is 114 Å². The molecule has 3 heterocycles. The van der Waals surface area contributed by atoms with Crippen LogP contribution >= 0.6 is 0 Å². The highest BCUT2D eigenvalue weighted by Crippen LogP contribution is 2.27. The average molecular weight is 528 g/mol. The van der Waals surface area contributed by atoms with Crippen LogP contribution < -0.4 is 10.1 Å². The second-order valence-corrected chi connectivity index (χ2v) is 9.29. The normalized spacial score (nSPS) is 20.5. The molecule has 0 radical (unpaired) electrons. The SMILES string of the molecule is COc1ccc2nccc(CC[C@H]3CC[C@@H](NC(=O)/C=C/c4cc(F)ccc4F)[C@H](C[C@@H](O)CO)O3)c2n1. The van der Waals surface area contributed by atoms with Crippen molar-refractivity contribution in [1.29, 1.82) is 0 Å². The number of hydrogen-bond acceptors (Lipinski definition) is 7. The highest BCUT2D eigenvalue weighted by molar-refractivity contribution is 5.92. The van der Waals surface area contributed by atoms with Crippen LogP contribution in [0.5, 0.6) is 5.88 Å². The Morgan fingerprint density at radius 1 is 1.26 bits per heavy atom. The fourth-order valence-corrected chi connectivity index (χ4v) is 4.63. The number of carbonyl (C=O) groups is 1. The van der Waals surface area contributed by atoms with Crippen LogP contribution in [-0.2, 0) is 16.0 Å². The molecule has 1 aromatic carbocycles. The van der Waals surface area contributed by atoms with Crippen LogP contribution in [-0.4, -0.2) is 64.2 Å². The predicted molar refractivity (Wildman–Crippen MR) is 137 cm³/mol. The number of rotatable bonds is 10. The summed E-state index contributed by atoms with van der Waals surface area (Å²) in [6, 6.07) is 8.12. The van der Waals surface area contributed by atoms with Gasteiger partial charge in [-0.1, -0.05) is 0 Å². The first-order valence-electron chi connectivity index (χ1n) is 12.5. The summed E-state index contributed by atoms with van der Waals surface area (Å²) in [7, 11) is 1.56. The molecule has 2 aromatic heterocycles. The molecule has 1 fully saturated rings. The first-order chi connectivity index (χ1) is 18.4. The van der Waals surface area contributed by atoms with Gasteiger partial charge in [0.15, 0.2) is 0 Å². The van der Waals surface area contributed by atoms with Crippen molar-refractivity contribution in [3.05, 3.63) is 71.4 Å². The van der Waals surface area contributed by atoms with E-state index in [1.807, 2.05) is 12.1 Å². The van der Waals surface area contributed by atoms with Crippen molar-refractivity contribution in [1.82, 2.24) is 15.3 Å². The van der Waals surface area contributed by atoms with Crippen LogP contribution in [0.2, 0.25) is 0 Å². The van der Waals surface area contributed by atoms with E-state index >= 15 is 0 Å². The van der Waals surface area contributed by atoms with Crippen LogP contribution in [0, 0.1) is 11.6 Å². The molecular formula is C28H31F2N3O5. The molecule has 4 atom stereocenters. The summed E-state index contributed by atoms with van der Waals surface area (Å²) in [6.07, 6.45) is 5.16. The third-order valence-corrected chi connectivity index (χ3v) is 6.62. The minimum absolute atomic E-state index is 0.0388. The van der Waals surface area contributed by atoms with E-state index in [1.54, 1.807) is 19.4 Å². The first-order valence-corrected chi connectivity index (χ1v) is 12.5. The molecule has 0 saturated carbocycles. The van der Waals surface area contributed by atoms with E-state index < -0.39 is 42.4 Å². The number of carbonyl (C=O) groups excluding carboxylic acids is 1. The Balaban J connectivity index is 1.40. The molecule has 3 N–H and O–H groups in total. The monoisotopic (exact) mass is 527 g/mol. The number of aromatic nitrogens is 2. The number of amides is 1. The minimum atomic E-state index is -1.00. The van der Waals surface area contributed by atoms with Crippen molar-refractivity contribution in [2.24, 2.45) is 0 Å². The lowest BCUT2D eigenvalue weighted by molar-refractivity contribution is -0.124. The second kappa shape index (κ2) is 12.9. The Morgan fingerprint density at radius 2 is 2.11 bits per heavy atom. The van der Waals surface area contributed by atoms with E-state index in [0.29, 0.717) is 31.6 Å². The maximum Gasteiger partial charge on any atom is 0.244 e. The molecule has 8 nitrogen and oxygen atoms in total. The molecule has 1 aliphatic heterocycles. The van der Waals surface area contributed by atoms with Gasteiger partial charge in [-0.05, 0) is 67.7 Å². The number of methoxy groups -OCH3 is 1. The quantitative estimate of drug-likeness (QED) is 0.347. The van der Waals surface area contributed by atoms with Gasteiger partial charge in [0, 0.05) is 30.3 Å². The largest absolute Gasteiger partial charge is 0.481 e. The van der Waals surface area contributed by atoms with E-state index in [2.05, 4.69) is 15.3 Å². The summed E-state index contributed by atoms with van der Waals surface area (Å²) in [4.78, 5) is 21.4. The van der Waals surface area contributed by atoms with E-state index in [0.717, 1.165) is 40.9 Å². The van der Waals surface area contributed by atoms with E-state index in [4.69, 9.17) is 9.47 Å². The van der Waals surface area contributed by atoms with Crippen LogP contribution in [0.3, 0.4) is 0 Å². The molecule has 4 rings (SSSR count). The molecule has 1 saturated heterocycles. The van der Waals surface area contributed by atoms with Crippen molar-refractivity contribution in [3.63, 3.8) is 0 Å². The molecule has 0 aliphatic carbocycles. The number of aliphatic hydroxyl groups excluding tert-OH is 2. The molecule has 1 amide bonds. The Kier molecular flexibility index (Phi) is 9.33. The summed E-state index contributed by atoms with van der Waals surface area (Å²) in [6.45, 7) is -0.430. The molecule has 0 bridgehead atoms. The van der Waals surface area contributed by atoms with Crippen LogP contribution in [0.4, 0.5) is 8.78 Å². The van der Waals surface area contributed by atoms with Crippen molar-refractivity contribution in [2.75, 3.05) is 13.7 Å². The number of benzene rings is 1. The fourth-order valence-electron chi connectivity index (χ4n) is 4.63. The van der Waals surface area contributed by atoms with Gasteiger partial charge in [-0.2, -0.15) is 0 Å². The Hall–Kier alpha value is -3.47. The van der Waals surface area contributed by atoms with Crippen LogP contribution in [0.15, 0.2) is 48.7 Å². The third kappa shape index (κ3) is 7.09. The number of fused-ring (bicyclic) bond motifs is 1. The van der Waals surface area contributed by atoms with Gasteiger partial charge in [0.25, 0.3) is 0 Å². The lowest BCUT2D eigenvalue weighted by atomic mass is 9.92. The third-order valence-electron chi connectivity index (χ3n) is 6.62. The maximum atomic E-state index is 13.9. The molecular weight excluding hydrogens is 496 g/mol. The average Bonchev–Trinajstić information content (AvgIpc) is 2.93. The molecule has 0 unspecified atom stereocenters. The number of pyridine rings is 2. The maximum absolute atomic E-state index is 13.9. The highest BCUT2D eigenvalue weighted by atomic mass is 19.1. The number of aryl methyl sites for hydroxylation is 1. The smallest absolute Gasteiger partial charge is 0.244 e. The van der Waals surface area contributed by atoms with Gasteiger partial charge >= 0.3 is 0 Å². The second-order valence-electron chi connectivity index (χ2n) is 9.29. The van der Waals surface area contributed by atoms with Gasteiger partial charge in [-0.25, -0.2) is 13.8 Å². The van der Waals surface area contributed by atoms with Crippen molar-refractivity contribution in [3.8, 4) is 5.88 Å². The summed E-state index contributed by atoms with van der Waals surface area (Å²) >= 11 is 0. The van der Waals surface area contributed by atoms with Crippen molar-refractivity contribution < 1.29 is 33.3 Å². The zero-order valence-corrected chi connectivity index (χ0v) is 21.0. The predicted octanol–water partition coefficient (Wildman–Crippen LogP) is 3.34. The molecule has 3 aromatic rings. The summed E-state index contributed by atoms with van der Waals surface area (Å²) < 4.78 is 38.8. The highest BCUT2D eigenvalue weighted by Gasteiger charge is 2.33. The number of hydrogen-bond donors (Lipinski definition) is 3. The molecule has 0 spiro atoms. The Bertz CT molecular complexity index is 1290. The zero-order valence-electron chi connectivity index (χ0n) is 21.0. The number of aliphatic hydroxyl groups is 2. The molecule has 10 heteroatoms. The number of halogens is 2. The standard InChI is InChI=1S/C28H31F2N3O5/c1-37-27-11-9-24-28(33-27)17(12-13-31-24)2-5-21-6-8-23(25(38-21)15-20(35)16-34)32-26(36)10-3-18-14-19(29)4-7-22(18)30/h3-4,7,9-14,20-21,23,25,34-35H,2,5-6,8,15-16H2,1H3,(H,32,36)/b10-3+/t20-,21+,23-,25+/m1/s1. The summed E-state index contributed by atoms with van der Waals surface area (Å²) in [5.74, 6) is -1.23. The first kappa shape index (κ1) is 27.6. The molecule has 202 valence electrons. The van der Waals surface area contributed by atoms with Crippen molar-refractivity contribution >= 4 is 23.0 Å². The van der Waals surface area contributed by atoms with E-state index in [9.17, 15) is 23.8 Å². The summed E-state index contributed by atoms with van der Waals surface area (Å²) in [5, 5.41) is 22.3. The Labute approximate surface area is 219 Å². The van der Waals surface area contributed by atoms with Gasteiger partial charge < -0.3 is 25.0 Å². The lowest BCUT2D eigenvalue weighted by Crippen LogP contribution is -2.50. The number of nitrogens with zero attached hydrogens (tertiary/aromatic N) is 2. The zero-order chi connectivity index (χ0) is 27.1. The molecule has 38 heavy (non-hydrogen) atoms.